The standard InChI is InChI=1S/C20H16BrN3O7S/c1-29-15-6-12(14(21)8-16(15)31-10-19(25)30-2)9-22-23-20(26)18-7-11-5-13(24(27)28)3-4-17(11)32-18/h3-9H,10H2,1-2H3,(H,23,26)/b22-9-. The summed E-state index contributed by atoms with van der Waals surface area (Å²) in [6.45, 7) is -0.277. The predicted molar refractivity (Wildman–Crippen MR) is 122 cm³/mol. The fourth-order valence-electron chi connectivity index (χ4n) is 2.59. The molecule has 2 aromatic carbocycles. The number of ether oxygens (including phenoxy) is 3. The molecule has 166 valence electrons. The normalized spacial score (nSPS) is 10.8. The Balaban J connectivity index is 1.72. The van der Waals surface area contributed by atoms with Crippen LogP contribution in [-0.2, 0) is 9.53 Å². The molecule has 0 unspecified atom stereocenters. The number of hydrogen-bond donors (Lipinski definition) is 1. The Morgan fingerprint density at radius 1 is 1.22 bits per heavy atom. The lowest BCUT2D eigenvalue weighted by molar-refractivity contribution is -0.384. The van der Waals surface area contributed by atoms with Gasteiger partial charge >= 0.3 is 5.97 Å². The van der Waals surface area contributed by atoms with Crippen molar-refractivity contribution in [3.8, 4) is 11.5 Å². The van der Waals surface area contributed by atoms with Crippen LogP contribution in [0, 0.1) is 10.1 Å². The number of amides is 1. The van der Waals surface area contributed by atoms with Gasteiger partial charge in [-0.05, 0) is 40.2 Å². The number of thiophene rings is 1. The summed E-state index contributed by atoms with van der Waals surface area (Å²) in [4.78, 5) is 34.5. The molecule has 0 saturated carbocycles. The number of rotatable bonds is 8. The summed E-state index contributed by atoms with van der Waals surface area (Å²) in [7, 11) is 2.71. The number of nitrogens with zero attached hydrogens (tertiary/aromatic N) is 2. The van der Waals surface area contributed by atoms with E-state index in [1.807, 2.05) is 0 Å². The van der Waals surface area contributed by atoms with Gasteiger partial charge in [-0.15, -0.1) is 11.3 Å². The molecule has 0 atom stereocenters. The van der Waals surface area contributed by atoms with E-state index in [-0.39, 0.29) is 12.3 Å². The Morgan fingerprint density at radius 2 is 2.00 bits per heavy atom. The third kappa shape index (κ3) is 5.39. The van der Waals surface area contributed by atoms with Gasteiger partial charge in [0.1, 0.15) is 0 Å². The van der Waals surface area contributed by atoms with Crippen molar-refractivity contribution in [2.75, 3.05) is 20.8 Å². The Labute approximate surface area is 194 Å². The number of carbonyl (C=O) groups is 2. The minimum Gasteiger partial charge on any atom is -0.493 e. The van der Waals surface area contributed by atoms with Gasteiger partial charge in [0.25, 0.3) is 11.6 Å². The number of nitrogens with one attached hydrogen (secondary N) is 1. The first-order valence-corrected chi connectivity index (χ1v) is 10.5. The van der Waals surface area contributed by atoms with Crippen molar-refractivity contribution in [2.45, 2.75) is 0 Å². The van der Waals surface area contributed by atoms with Crippen molar-refractivity contribution in [3.63, 3.8) is 0 Å². The zero-order chi connectivity index (χ0) is 23.3. The Kier molecular flexibility index (Phi) is 7.38. The number of nitro groups is 1. The zero-order valence-corrected chi connectivity index (χ0v) is 19.2. The van der Waals surface area contributed by atoms with Gasteiger partial charge in [-0.1, -0.05) is 0 Å². The first kappa shape index (κ1) is 23.2. The molecule has 1 heterocycles. The van der Waals surface area contributed by atoms with Gasteiger partial charge in [-0.25, -0.2) is 10.2 Å². The summed E-state index contributed by atoms with van der Waals surface area (Å²) in [6.07, 6.45) is 1.41. The lowest BCUT2D eigenvalue weighted by Crippen LogP contribution is -2.16. The number of benzene rings is 2. The maximum Gasteiger partial charge on any atom is 0.343 e. The number of halogens is 1. The van der Waals surface area contributed by atoms with Gasteiger partial charge in [0, 0.05) is 32.3 Å². The fraction of sp³-hybridized carbons (Fsp3) is 0.150. The van der Waals surface area contributed by atoms with E-state index in [0.717, 1.165) is 4.70 Å². The summed E-state index contributed by atoms with van der Waals surface area (Å²) in [5.74, 6) is -0.306. The smallest absolute Gasteiger partial charge is 0.343 e. The first-order valence-electron chi connectivity index (χ1n) is 8.91. The van der Waals surface area contributed by atoms with Crippen molar-refractivity contribution in [1.29, 1.82) is 0 Å². The fourth-order valence-corrected chi connectivity index (χ4v) is 3.95. The third-order valence-corrected chi connectivity index (χ3v) is 5.96. The zero-order valence-electron chi connectivity index (χ0n) is 16.8. The molecule has 0 fully saturated rings. The van der Waals surface area contributed by atoms with Gasteiger partial charge in [-0.2, -0.15) is 5.10 Å². The van der Waals surface area contributed by atoms with Crippen LogP contribution in [0.5, 0.6) is 11.5 Å². The molecule has 3 rings (SSSR count). The predicted octanol–water partition coefficient (Wildman–Crippen LogP) is 3.90. The number of fused-ring (bicyclic) bond motifs is 1. The molecule has 10 nitrogen and oxygen atoms in total. The van der Waals surface area contributed by atoms with Crippen molar-refractivity contribution in [3.05, 3.63) is 61.4 Å². The molecule has 0 radical (unpaired) electrons. The Hall–Kier alpha value is -3.51. The number of hydrogen-bond acceptors (Lipinski definition) is 9. The maximum absolute atomic E-state index is 12.4. The summed E-state index contributed by atoms with van der Waals surface area (Å²) in [6, 6.07) is 9.20. The highest BCUT2D eigenvalue weighted by molar-refractivity contribution is 9.10. The average Bonchev–Trinajstić information content (AvgIpc) is 3.22. The van der Waals surface area contributed by atoms with Gasteiger partial charge in [0.2, 0.25) is 0 Å². The topological polar surface area (TPSA) is 129 Å². The van der Waals surface area contributed by atoms with Crippen LogP contribution in [0.4, 0.5) is 5.69 Å². The van der Waals surface area contributed by atoms with E-state index in [1.54, 1.807) is 24.3 Å². The third-order valence-electron chi connectivity index (χ3n) is 4.16. The second-order valence-electron chi connectivity index (χ2n) is 6.18. The molecule has 3 aromatic rings. The molecule has 1 N–H and O–H groups in total. The van der Waals surface area contributed by atoms with Crippen LogP contribution in [-0.4, -0.2) is 43.8 Å². The molecule has 0 saturated heterocycles. The molecule has 0 aliphatic rings. The van der Waals surface area contributed by atoms with E-state index < -0.39 is 16.8 Å². The van der Waals surface area contributed by atoms with Crippen molar-refractivity contribution < 1.29 is 28.7 Å². The largest absolute Gasteiger partial charge is 0.493 e. The van der Waals surface area contributed by atoms with Crippen molar-refractivity contribution in [2.24, 2.45) is 5.10 Å². The minimum absolute atomic E-state index is 0.0434. The molecular weight excluding hydrogens is 506 g/mol. The number of carbonyl (C=O) groups excluding carboxylic acids is 2. The van der Waals surface area contributed by atoms with E-state index in [1.165, 1.54) is 43.9 Å². The van der Waals surface area contributed by atoms with E-state index in [4.69, 9.17) is 9.47 Å². The van der Waals surface area contributed by atoms with Crippen LogP contribution in [0.25, 0.3) is 10.1 Å². The minimum atomic E-state index is -0.535. The molecule has 1 amide bonds. The van der Waals surface area contributed by atoms with Gasteiger partial charge in [-0.3, -0.25) is 14.9 Å². The lowest BCUT2D eigenvalue weighted by atomic mass is 10.2. The van der Waals surface area contributed by atoms with E-state index in [9.17, 15) is 19.7 Å². The molecule has 0 spiro atoms. The van der Waals surface area contributed by atoms with Crippen LogP contribution in [0.15, 0.2) is 46.0 Å². The van der Waals surface area contributed by atoms with Crippen molar-refractivity contribution >= 4 is 61.1 Å². The van der Waals surface area contributed by atoms with Crippen molar-refractivity contribution in [1.82, 2.24) is 5.43 Å². The number of hydrazone groups is 1. The molecular formula is C20H16BrN3O7S. The summed E-state index contributed by atoms with van der Waals surface area (Å²) in [5.41, 5.74) is 2.97. The molecule has 32 heavy (non-hydrogen) atoms. The molecule has 0 bridgehead atoms. The van der Waals surface area contributed by atoms with Gasteiger partial charge in [0.15, 0.2) is 18.1 Å². The number of esters is 1. The maximum atomic E-state index is 12.4. The Bertz CT molecular complexity index is 1230. The summed E-state index contributed by atoms with van der Waals surface area (Å²) in [5, 5.41) is 15.5. The monoisotopic (exact) mass is 521 g/mol. The molecule has 0 aliphatic carbocycles. The summed E-state index contributed by atoms with van der Waals surface area (Å²) < 4.78 is 16.5. The summed E-state index contributed by atoms with van der Waals surface area (Å²) >= 11 is 4.58. The van der Waals surface area contributed by atoms with Gasteiger partial charge < -0.3 is 14.2 Å². The van der Waals surface area contributed by atoms with Crippen LogP contribution < -0.4 is 14.9 Å². The number of non-ortho nitro benzene ring substituents is 1. The lowest BCUT2D eigenvalue weighted by Gasteiger charge is -2.11. The SMILES string of the molecule is COC(=O)COc1cc(Br)c(/C=N\NC(=O)c2cc3cc([N+](=O)[O-])ccc3s2)cc1OC. The average molecular weight is 522 g/mol. The van der Waals surface area contributed by atoms with Crippen LogP contribution >= 0.6 is 27.3 Å². The Morgan fingerprint density at radius 3 is 2.69 bits per heavy atom. The van der Waals surface area contributed by atoms with E-state index in [2.05, 4.69) is 31.2 Å². The first-order chi connectivity index (χ1) is 15.3. The van der Waals surface area contributed by atoms with Gasteiger partial charge in [0.05, 0.1) is 30.2 Å². The van der Waals surface area contributed by atoms with E-state index >= 15 is 0 Å². The van der Waals surface area contributed by atoms with Crippen LogP contribution in [0.2, 0.25) is 0 Å². The van der Waals surface area contributed by atoms with E-state index in [0.29, 0.717) is 31.8 Å². The molecule has 12 heteroatoms. The second kappa shape index (κ2) is 10.2. The highest BCUT2D eigenvalue weighted by Gasteiger charge is 2.14. The second-order valence-corrected chi connectivity index (χ2v) is 8.12. The highest BCUT2D eigenvalue weighted by atomic mass is 79.9. The molecule has 0 aliphatic heterocycles. The highest BCUT2D eigenvalue weighted by Crippen LogP contribution is 2.33. The van der Waals surface area contributed by atoms with Crippen LogP contribution in [0.1, 0.15) is 15.2 Å². The molecule has 1 aromatic heterocycles. The number of methoxy groups -OCH3 is 2. The number of nitro benzene ring substituents is 1. The quantitative estimate of drug-likeness (QED) is 0.206. The van der Waals surface area contributed by atoms with Crippen LogP contribution in [0.3, 0.4) is 0 Å².